The van der Waals surface area contributed by atoms with Crippen molar-refractivity contribution >= 4 is 11.9 Å². The Morgan fingerprint density at radius 1 is 1.00 bits per heavy atom. The van der Waals surface area contributed by atoms with Crippen LogP contribution in [0.1, 0.15) is 24.1 Å². The van der Waals surface area contributed by atoms with Crippen LogP contribution in [0.2, 0.25) is 0 Å². The fourth-order valence-corrected chi connectivity index (χ4v) is 2.59. The van der Waals surface area contributed by atoms with E-state index in [1.807, 2.05) is 60.7 Å². The first-order chi connectivity index (χ1) is 11.7. The van der Waals surface area contributed by atoms with Crippen LogP contribution in [0.4, 0.5) is 0 Å². The van der Waals surface area contributed by atoms with Crippen molar-refractivity contribution in [1.29, 1.82) is 0 Å². The number of carbonyl (C=O) groups excluding carboxylic acids is 2. The number of hydrogen-bond acceptors (Lipinski definition) is 4. The Bertz CT molecular complexity index is 662. The SMILES string of the molecule is CCOC(=O)[C@H]1O[C@@H]1C(=O)NC(c1ccccc1)c1ccccc1. The molecule has 2 atom stereocenters. The van der Waals surface area contributed by atoms with E-state index < -0.39 is 18.2 Å². The van der Waals surface area contributed by atoms with E-state index in [9.17, 15) is 9.59 Å². The van der Waals surface area contributed by atoms with Gasteiger partial charge in [-0.3, -0.25) is 4.79 Å². The molecule has 1 amide bonds. The molecule has 0 spiro atoms. The van der Waals surface area contributed by atoms with Crippen LogP contribution in [0.25, 0.3) is 0 Å². The molecule has 1 N–H and O–H groups in total. The van der Waals surface area contributed by atoms with Gasteiger partial charge < -0.3 is 14.8 Å². The van der Waals surface area contributed by atoms with Crippen molar-refractivity contribution in [2.75, 3.05) is 6.61 Å². The molecule has 1 heterocycles. The van der Waals surface area contributed by atoms with Crippen molar-refractivity contribution in [2.45, 2.75) is 25.2 Å². The minimum atomic E-state index is -0.794. The molecule has 1 fully saturated rings. The quantitative estimate of drug-likeness (QED) is 0.653. The molecule has 124 valence electrons. The van der Waals surface area contributed by atoms with Crippen molar-refractivity contribution in [1.82, 2.24) is 5.32 Å². The van der Waals surface area contributed by atoms with Crippen molar-refractivity contribution in [3.63, 3.8) is 0 Å². The van der Waals surface area contributed by atoms with Crippen LogP contribution in [-0.4, -0.2) is 30.7 Å². The number of epoxide rings is 1. The van der Waals surface area contributed by atoms with Gasteiger partial charge in [0.2, 0.25) is 0 Å². The second-order valence-electron chi connectivity index (χ2n) is 5.49. The lowest BCUT2D eigenvalue weighted by molar-refractivity contribution is -0.144. The third-order valence-corrected chi connectivity index (χ3v) is 3.82. The average molecular weight is 325 g/mol. The van der Waals surface area contributed by atoms with Gasteiger partial charge in [-0.1, -0.05) is 60.7 Å². The number of amides is 1. The van der Waals surface area contributed by atoms with Crippen molar-refractivity contribution in [3.8, 4) is 0 Å². The fourth-order valence-electron chi connectivity index (χ4n) is 2.59. The highest BCUT2D eigenvalue weighted by molar-refractivity contribution is 5.93. The van der Waals surface area contributed by atoms with Gasteiger partial charge in [0.25, 0.3) is 5.91 Å². The zero-order valence-electron chi connectivity index (χ0n) is 13.3. The van der Waals surface area contributed by atoms with E-state index >= 15 is 0 Å². The summed E-state index contributed by atoms with van der Waals surface area (Å²) in [5.41, 5.74) is 1.93. The molecule has 1 aliphatic heterocycles. The van der Waals surface area contributed by atoms with E-state index in [1.165, 1.54) is 0 Å². The Hall–Kier alpha value is -2.66. The zero-order valence-corrected chi connectivity index (χ0v) is 13.3. The predicted molar refractivity (Wildman–Crippen MR) is 88.2 cm³/mol. The number of esters is 1. The first kappa shape index (κ1) is 16.2. The minimum Gasteiger partial charge on any atom is -0.464 e. The number of benzene rings is 2. The summed E-state index contributed by atoms with van der Waals surface area (Å²) in [6.07, 6.45) is -1.57. The van der Waals surface area contributed by atoms with Gasteiger partial charge >= 0.3 is 5.97 Å². The first-order valence-electron chi connectivity index (χ1n) is 7.93. The third kappa shape index (κ3) is 3.63. The molecule has 2 aromatic carbocycles. The van der Waals surface area contributed by atoms with Crippen LogP contribution in [0.15, 0.2) is 60.7 Å². The van der Waals surface area contributed by atoms with Crippen LogP contribution in [-0.2, 0) is 19.1 Å². The average Bonchev–Trinajstić information content (AvgIpc) is 3.42. The monoisotopic (exact) mass is 325 g/mol. The van der Waals surface area contributed by atoms with Crippen LogP contribution in [0, 0.1) is 0 Å². The lowest BCUT2D eigenvalue weighted by Crippen LogP contribution is -2.34. The maximum absolute atomic E-state index is 12.4. The number of nitrogens with one attached hydrogen (secondary N) is 1. The van der Waals surface area contributed by atoms with Gasteiger partial charge in [-0.05, 0) is 18.1 Å². The van der Waals surface area contributed by atoms with Gasteiger partial charge in [-0.2, -0.15) is 0 Å². The molecular formula is C19H19NO4. The Morgan fingerprint density at radius 2 is 1.54 bits per heavy atom. The number of hydrogen-bond donors (Lipinski definition) is 1. The molecule has 0 unspecified atom stereocenters. The number of ether oxygens (including phenoxy) is 2. The minimum absolute atomic E-state index is 0.268. The standard InChI is InChI=1S/C19H19NO4/c1-2-23-19(22)17-16(24-17)18(21)20-15(13-9-5-3-6-10-13)14-11-7-4-8-12-14/h3-12,15-17H,2H2,1H3,(H,20,21)/t16-,17-/m0/s1. The smallest absolute Gasteiger partial charge is 0.338 e. The molecule has 0 bridgehead atoms. The normalized spacial score (nSPS) is 18.9. The van der Waals surface area contributed by atoms with Crippen LogP contribution in [0.5, 0.6) is 0 Å². The summed E-state index contributed by atoms with van der Waals surface area (Å²) in [6.45, 7) is 1.99. The van der Waals surface area contributed by atoms with Gasteiger partial charge in [0.15, 0.2) is 12.2 Å². The van der Waals surface area contributed by atoms with Gasteiger partial charge in [0.1, 0.15) is 0 Å². The van der Waals surface area contributed by atoms with Crippen LogP contribution in [0.3, 0.4) is 0 Å². The maximum Gasteiger partial charge on any atom is 0.338 e. The van der Waals surface area contributed by atoms with Crippen molar-refractivity contribution in [3.05, 3.63) is 71.8 Å². The lowest BCUT2D eigenvalue weighted by Gasteiger charge is -2.19. The van der Waals surface area contributed by atoms with E-state index in [-0.39, 0.29) is 18.6 Å². The van der Waals surface area contributed by atoms with Crippen LogP contribution < -0.4 is 5.32 Å². The van der Waals surface area contributed by atoms with Gasteiger partial charge in [-0.25, -0.2) is 4.79 Å². The summed E-state index contributed by atoms with van der Waals surface area (Å²) < 4.78 is 10.1. The predicted octanol–water partition coefficient (Wildman–Crippen LogP) is 2.22. The lowest BCUT2D eigenvalue weighted by atomic mass is 9.98. The molecule has 0 aromatic heterocycles. The summed E-state index contributed by atoms with van der Waals surface area (Å²) >= 11 is 0. The summed E-state index contributed by atoms with van der Waals surface area (Å²) in [4.78, 5) is 24.1. The summed E-state index contributed by atoms with van der Waals surface area (Å²) in [5.74, 6) is -0.806. The van der Waals surface area contributed by atoms with E-state index in [0.717, 1.165) is 11.1 Å². The number of carbonyl (C=O) groups is 2. The second-order valence-corrected chi connectivity index (χ2v) is 5.49. The zero-order chi connectivity index (χ0) is 16.9. The van der Waals surface area contributed by atoms with Gasteiger partial charge in [-0.15, -0.1) is 0 Å². The van der Waals surface area contributed by atoms with E-state index in [2.05, 4.69) is 5.32 Å². The van der Waals surface area contributed by atoms with E-state index in [0.29, 0.717) is 0 Å². The van der Waals surface area contributed by atoms with Crippen molar-refractivity contribution < 1.29 is 19.1 Å². The Labute approximate surface area is 140 Å². The van der Waals surface area contributed by atoms with Gasteiger partial charge in [0.05, 0.1) is 12.6 Å². The molecule has 1 aliphatic rings. The Morgan fingerprint density at radius 3 is 2.04 bits per heavy atom. The van der Waals surface area contributed by atoms with E-state index in [1.54, 1.807) is 6.92 Å². The molecule has 1 saturated heterocycles. The molecule has 5 heteroatoms. The highest BCUT2D eigenvalue weighted by Gasteiger charge is 2.51. The fraction of sp³-hybridized carbons (Fsp3) is 0.263. The molecule has 24 heavy (non-hydrogen) atoms. The Kier molecular flexibility index (Phi) is 4.91. The number of rotatable bonds is 6. The highest BCUT2D eigenvalue weighted by atomic mass is 16.6. The van der Waals surface area contributed by atoms with Crippen LogP contribution >= 0.6 is 0 Å². The highest BCUT2D eigenvalue weighted by Crippen LogP contribution is 2.27. The maximum atomic E-state index is 12.4. The molecule has 2 aromatic rings. The molecular weight excluding hydrogens is 306 g/mol. The molecule has 5 nitrogen and oxygen atoms in total. The molecule has 0 saturated carbocycles. The molecule has 3 rings (SSSR count). The molecule has 0 aliphatic carbocycles. The molecule has 0 radical (unpaired) electrons. The summed E-state index contributed by atoms with van der Waals surface area (Å²) in [7, 11) is 0. The summed E-state index contributed by atoms with van der Waals surface area (Å²) in [6, 6.07) is 19.1. The Balaban J connectivity index is 1.74. The van der Waals surface area contributed by atoms with E-state index in [4.69, 9.17) is 9.47 Å². The topological polar surface area (TPSA) is 67.9 Å². The largest absolute Gasteiger partial charge is 0.464 e. The van der Waals surface area contributed by atoms with Crippen molar-refractivity contribution in [2.24, 2.45) is 0 Å². The second kappa shape index (κ2) is 7.27. The van der Waals surface area contributed by atoms with Gasteiger partial charge in [0, 0.05) is 0 Å². The third-order valence-electron chi connectivity index (χ3n) is 3.82. The summed E-state index contributed by atoms with van der Waals surface area (Å²) in [5, 5.41) is 2.97. The first-order valence-corrected chi connectivity index (χ1v) is 7.93.